The van der Waals surface area contributed by atoms with E-state index in [2.05, 4.69) is 32.9 Å². The number of guanidine groups is 1. The first-order valence-corrected chi connectivity index (χ1v) is 9.78. The third-order valence-corrected chi connectivity index (χ3v) is 5.06. The monoisotopic (exact) mass is 517 g/mol. The summed E-state index contributed by atoms with van der Waals surface area (Å²) in [6, 6.07) is 7.02. The predicted molar refractivity (Wildman–Crippen MR) is 125 cm³/mol. The van der Waals surface area contributed by atoms with Gasteiger partial charge in [0.25, 0.3) is 5.91 Å². The van der Waals surface area contributed by atoms with Crippen LogP contribution >= 0.6 is 35.3 Å². The molecule has 0 bridgehead atoms. The SMILES string of the molecule is CCc1cnc(CCNC(=NC)NCCNC(=O)c2ccc(OC)cc2)s1.I. The van der Waals surface area contributed by atoms with Crippen LogP contribution in [-0.2, 0) is 12.8 Å². The van der Waals surface area contributed by atoms with Gasteiger partial charge in [0, 0.05) is 49.7 Å². The molecule has 0 unspecified atom stereocenters. The molecule has 3 N–H and O–H groups in total. The van der Waals surface area contributed by atoms with Gasteiger partial charge in [-0.25, -0.2) is 4.98 Å². The molecule has 9 heteroatoms. The van der Waals surface area contributed by atoms with E-state index in [1.54, 1.807) is 49.8 Å². The van der Waals surface area contributed by atoms with Crippen molar-refractivity contribution in [1.82, 2.24) is 20.9 Å². The maximum atomic E-state index is 12.1. The lowest BCUT2D eigenvalue weighted by Crippen LogP contribution is -2.42. The molecule has 2 rings (SSSR count). The van der Waals surface area contributed by atoms with E-state index in [-0.39, 0.29) is 29.9 Å². The number of carbonyl (C=O) groups excluding carboxylic acids is 1. The number of nitrogens with zero attached hydrogens (tertiary/aromatic N) is 2. The lowest BCUT2D eigenvalue weighted by molar-refractivity contribution is 0.0954. The van der Waals surface area contributed by atoms with Crippen molar-refractivity contribution in [2.24, 2.45) is 4.99 Å². The van der Waals surface area contributed by atoms with E-state index in [0.29, 0.717) is 24.6 Å². The number of halogens is 1. The van der Waals surface area contributed by atoms with Crippen LogP contribution in [0.4, 0.5) is 0 Å². The molecule has 0 saturated heterocycles. The Balaban J connectivity index is 0.00000392. The smallest absolute Gasteiger partial charge is 0.251 e. The molecule has 0 spiro atoms. The van der Waals surface area contributed by atoms with Crippen molar-refractivity contribution < 1.29 is 9.53 Å². The van der Waals surface area contributed by atoms with E-state index >= 15 is 0 Å². The van der Waals surface area contributed by atoms with Gasteiger partial charge in [-0.05, 0) is 30.7 Å². The van der Waals surface area contributed by atoms with E-state index in [0.717, 1.165) is 30.1 Å². The van der Waals surface area contributed by atoms with Crippen LogP contribution in [0.5, 0.6) is 5.75 Å². The number of carbonyl (C=O) groups is 1. The van der Waals surface area contributed by atoms with Gasteiger partial charge in [-0.1, -0.05) is 6.92 Å². The van der Waals surface area contributed by atoms with Crippen LogP contribution in [0.2, 0.25) is 0 Å². The molecule has 1 aromatic heterocycles. The number of hydrogen-bond donors (Lipinski definition) is 3. The van der Waals surface area contributed by atoms with Crippen LogP contribution in [0.3, 0.4) is 0 Å². The topological polar surface area (TPSA) is 87.6 Å². The molecule has 2 aromatic rings. The summed E-state index contributed by atoms with van der Waals surface area (Å²) in [6.07, 6.45) is 3.83. The number of nitrogens with one attached hydrogen (secondary N) is 3. The van der Waals surface area contributed by atoms with Crippen LogP contribution in [0.1, 0.15) is 27.2 Å². The molecule has 1 heterocycles. The minimum Gasteiger partial charge on any atom is -0.497 e. The summed E-state index contributed by atoms with van der Waals surface area (Å²) in [5, 5.41) is 10.4. The Morgan fingerprint density at radius 2 is 1.82 bits per heavy atom. The molecule has 28 heavy (non-hydrogen) atoms. The Labute approximate surface area is 187 Å². The maximum absolute atomic E-state index is 12.1. The summed E-state index contributed by atoms with van der Waals surface area (Å²) in [5.41, 5.74) is 0.605. The first-order chi connectivity index (χ1) is 13.2. The van der Waals surface area contributed by atoms with Gasteiger partial charge in [0.05, 0.1) is 12.1 Å². The van der Waals surface area contributed by atoms with Crippen molar-refractivity contribution in [1.29, 1.82) is 0 Å². The van der Waals surface area contributed by atoms with Crippen LogP contribution in [0, 0.1) is 0 Å². The standard InChI is InChI=1S/C19H27N5O2S.HI/c1-4-16-13-24-17(27-16)9-10-22-19(20-2)23-12-11-21-18(25)14-5-7-15(26-3)8-6-14;/h5-8,13H,4,9-12H2,1-3H3,(H,21,25)(H2,20,22,23);1H. The van der Waals surface area contributed by atoms with Crippen molar-refractivity contribution in [3.05, 3.63) is 45.9 Å². The first kappa shape index (κ1) is 24.2. The van der Waals surface area contributed by atoms with Crippen molar-refractivity contribution in [2.75, 3.05) is 33.8 Å². The lowest BCUT2D eigenvalue weighted by atomic mass is 10.2. The molecule has 0 radical (unpaired) electrons. The number of aliphatic imine (C=N–C) groups is 1. The zero-order chi connectivity index (χ0) is 19.5. The van der Waals surface area contributed by atoms with E-state index in [1.165, 1.54) is 4.88 Å². The van der Waals surface area contributed by atoms with Gasteiger partial charge in [0.2, 0.25) is 0 Å². The number of aryl methyl sites for hydroxylation is 1. The van der Waals surface area contributed by atoms with Crippen LogP contribution in [0.25, 0.3) is 0 Å². The minimum absolute atomic E-state index is 0. The van der Waals surface area contributed by atoms with E-state index in [4.69, 9.17) is 4.74 Å². The Morgan fingerprint density at radius 3 is 2.43 bits per heavy atom. The van der Waals surface area contributed by atoms with Crippen molar-refractivity contribution in [3.63, 3.8) is 0 Å². The number of amides is 1. The van der Waals surface area contributed by atoms with Crippen molar-refractivity contribution in [2.45, 2.75) is 19.8 Å². The van der Waals surface area contributed by atoms with E-state index in [1.807, 2.05) is 6.20 Å². The first-order valence-electron chi connectivity index (χ1n) is 8.96. The number of hydrogen-bond acceptors (Lipinski definition) is 5. The molecular formula is C19H28IN5O2S. The Bertz CT molecular complexity index is 749. The fourth-order valence-electron chi connectivity index (χ4n) is 2.34. The zero-order valence-electron chi connectivity index (χ0n) is 16.4. The summed E-state index contributed by atoms with van der Waals surface area (Å²) in [4.78, 5) is 22.0. The quantitative estimate of drug-likeness (QED) is 0.206. The second-order valence-corrected chi connectivity index (χ2v) is 6.93. The molecule has 7 nitrogen and oxygen atoms in total. The summed E-state index contributed by atoms with van der Waals surface area (Å²) in [5.74, 6) is 1.32. The van der Waals surface area contributed by atoms with Gasteiger partial charge in [-0.15, -0.1) is 35.3 Å². The largest absolute Gasteiger partial charge is 0.497 e. The van der Waals surface area contributed by atoms with Gasteiger partial charge < -0.3 is 20.7 Å². The van der Waals surface area contributed by atoms with Crippen LogP contribution in [-0.4, -0.2) is 50.6 Å². The van der Waals surface area contributed by atoms with Gasteiger partial charge in [-0.2, -0.15) is 0 Å². The number of rotatable bonds is 9. The molecule has 1 amide bonds. The summed E-state index contributed by atoms with van der Waals surface area (Å²) in [6.45, 7) is 3.97. The van der Waals surface area contributed by atoms with Crippen LogP contribution in [0.15, 0.2) is 35.5 Å². The highest BCUT2D eigenvalue weighted by Gasteiger charge is 2.05. The third kappa shape index (κ3) is 8.01. The molecule has 0 aliphatic heterocycles. The summed E-state index contributed by atoms with van der Waals surface area (Å²) >= 11 is 1.75. The molecule has 0 aliphatic carbocycles. The Hall–Kier alpha value is -1.88. The number of ether oxygens (including phenoxy) is 1. The highest BCUT2D eigenvalue weighted by molar-refractivity contribution is 14.0. The fraction of sp³-hybridized carbons (Fsp3) is 0.421. The molecular weight excluding hydrogens is 489 g/mol. The van der Waals surface area contributed by atoms with Gasteiger partial charge in [-0.3, -0.25) is 9.79 Å². The normalized spacial score (nSPS) is 10.8. The molecule has 0 atom stereocenters. The zero-order valence-corrected chi connectivity index (χ0v) is 19.6. The molecule has 0 aliphatic rings. The minimum atomic E-state index is -0.113. The molecule has 0 saturated carbocycles. The molecule has 1 aromatic carbocycles. The highest BCUT2D eigenvalue weighted by atomic mass is 127. The average Bonchev–Trinajstić information content (AvgIpc) is 3.17. The second kappa shape index (κ2) is 13.3. The van der Waals surface area contributed by atoms with E-state index in [9.17, 15) is 4.79 Å². The van der Waals surface area contributed by atoms with E-state index < -0.39 is 0 Å². The Kier molecular flexibility index (Phi) is 11.5. The van der Waals surface area contributed by atoms with Crippen molar-refractivity contribution >= 4 is 47.2 Å². The second-order valence-electron chi connectivity index (χ2n) is 5.73. The summed E-state index contributed by atoms with van der Waals surface area (Å²) < 4.78 is 5.09. The third-order valence-electron chi connectivity index (χ3n) is 3.86. The van der Waals surface area contributed by atoms with Crippen molar-refractivity contribution in [3.8, 4) is 5.75 Å². The van der Waals surface area contributed by atoms with Crippen LogP contribution < -0.4 is 20.7 Å². The highest BCUT2D eigenvalue weighted by Crippen LogP contribution is 2.13. The Morgan fingerprint density at radius 1 is 1.14 bits per heavy atom. The molecule has 154 valence electrons. The van der Waals surface area contributed by atoms with Gasteiger partial charge >= 0.3 is 0 Å². The average molecular weight is 517 g/mol. The predicted octanol–water partition coefficient (Wildman–Crippen LogP) is 2.47. The van der Waals surface area contributed by atoms with Gasteiger partial charge in [0.15, 0.2) is 5.96 Å². The maximum Gasteiger partial charge on any atom is 0.251 e. The number of methoxy groups -OCH3 is 1. The fourth-order valence-corrected chi connectivity index (χ4v) is 3.20. The van der Waals surface area contributed by atoms with Gasteiger partial charge in [0.1, 0.15) is 5.75 Å². The molecule has 0 fully saturated rings. The number of thiazole rings is 1. The lowest BCUT2D eigenvalue weighted by Gasteiger charge is -2.12. The number of benzene rings is 1. The summed E-state index contributed by atoms with van der Waals surface area (Å²) in [7, 11) is 3.32. The number of aromatic nitrogens is 1.